The quantitative estimate of drug-likeness (QED) is 0.279. The Labute approximate surface area is 137 Å². The van der Waals surface area contributed by atoms with Crippen LogP contribution in [-0.2, 0) is 0 Å². The number of carbonyl (C=O) groups excluding carboxylic acids is 1. The first kappa shape index (κ1) is 20.4. The average molecular weight is 321 g/mol. The number of amides is 1. The zero-order valence-corrected chi connectivity index (χ0v) is 14.1. The van der Waals surface area contributed by atoms with Crippen molar-refractivity contribution in [1.82, 2.24) is 15.3 Å². The number of nitrogens with two attached hydrogens (primary N) is 3. The van der Waals surface area contributed by atoms with E-state index in [0.29, 0.717) is 12.2 Å². The number of nitrogens with zero attached hydrogens (tertiary/aromatic N) is 3. The van der Waals surface area contributed by atoms with Gasteiger partial charge in [-0.15, -0.1) is 6.58 Å². The van der Waals surface area contributed by atoms with Gasteiger partial charge in [-0.25, -0.2) is 9.97 Å². The van der Waals surface area contributed by atoms with Gasteiger partial charge in [-0.05, 0) is 20.3 Å². The van der Waals surface area contributed by atoms with Crippen LogP contribution < -0.4 is 22.5 Å². The summed E-state index contributed by atoms with van der Waals surface area (Å²) in [5.74, 6) is -0.346. The highest BCUT2D eigenvalue weighted by atomic mass is 16.2. The van der Waals surface area contributed by atoms with E-state index in [1.54, 1.807) is 13.0 Å². The van der Waals surface area contributed by atoms with Crippen molar-refractivity contribution >= 4 is 23.5 Å². The number of unbranched alkanes of at least 4 members (excludes halogenated alkanes) is 2. The lowest BCUT2D eigenvalue weighted by Crippen LogP contribution is -2.38. The first-order valence-corrected chi connectivity index (χ1v) is 7.45. The Balaban J connectivity index is 0.00000149. The third-order valence-electron chi connectivity index (χ3n) is 2.63. The number of carbonyl (C=O) groups is 1. The van der Waals surface area contributed by atoms with E-state index < -0.39 is 5.91 Å². The summed E-state index contributed by atoms with van der Waals surface area (Å²) in [5.41, 5.74) is 17.2. The van der Waals surface area contributed by atoms with Crippen LogP contribution in [0.25, 0.3) is 0 Å². The van der Waals surface area contributed by atoms with Gasteiger partial charge >= 0.3 is 0 Å². The van der Waals surface area contributed by atoms with Crippen LogP contribution in [0.5, 0.6) is 0 Å². The van der Waals surface area contributed by atoms with E-state index >= 15 is 0 Å². The van der Waals surface area contributed by atoms with Gasteiger partial charge in [0.05, 0.1) is 5.69 Å². The first-order chi connectivity index (χ1) is 10.9. The minimum Gasteiger partial charge on any atom is -0.382 e. The summed E-state index contributed by atoms with van der Waals surface area (Å²) in [5, 5.41) is 2.43. The summed E-state index contributed by atoms with van der Waals surface area (Å²) in [6, 6.07) is 0. The van der Waals surface area contributed by atoms with Crippen molar-refractivity contribution < 1.29 is 4.79 Å². The zero-order valence-electron chi connectivity index (χ0n) is 14.1. The molecule has 0 spiro atoms. The minimum absolute atomic E-state index is 0.0107. The number of hydrogen-bond acceptors (Lipinski definition) is 6. The van der Waals surface area contributed by atoms with E-state index in [0.717, 1.165) is 19.3 Å². The van der Waals surface area contributed by atoms with Crippen LogP contribution >= 0.6 is 0 Å². The summed E-state index contributed by atoms with van der Waals surface area (Å²) < 4.78 is 0. The number of nitrogens with one attached hydrogen (secondary N) is 1. The van der Waals surface area contributed by atoms with Crippen molar-refractivity contribution in [3.05, 3.63) is 24.0 Å². The molecule has 0 aliphatic rings. The van der Waals surface area contributed by atoms with Crippen molar-refractivity contribution in [1.29, 1.82) is 0 Å². The van der Waals surface area contributed by atoms with Gasteiger partial charge in [0.2, 0.25) is 0 Å². The molecule has 1 heterocycles. The Bertz CT molecular complexity index is 555. The topological polar surface area (TPSA) is 145 Å². The number of aromatic nitrogens is 2. The van der Waals surface area contributed by atoms with Crippen molar-refractivity contribution in [2.75, 3.05) is 18.0 Å². The van der Waals surface area contributed by atoms with Gasteiger partial charge in [0, 0.05) is 6.54 Å². The highest BCUT2D eigenvalue weighted by molar-refractivity contribution is 6.06. The molecule has 0 atom stereocenters. The Hall–Kier alpha value is -2.64. The standard InChI is InChI=1S/C12H21N7O.C3H6/c1-3-4-5-6-16-12(15)19-11(20)8-10(14)18-9(13)7(2)17-8;1-3-2/h3-6H2,1-2H3,(H4,13,14,18)(H3,15,16,19,20);3H,1H2,2H3. The lowest BCUT2D eigenvalue weighted by molar-refractivity contribution is 0.0972. The Morgan fingerprint density at radius 3 is 2.48 bits per heavy atom. The van der Waals surface area contributed by atoms with Crippen LogP contribution in [0.1, 0.15) is 49.3 Å². The van der Waals surface area contributed by atoms with Crippen LogP contribution in [0.3, 0.4) is 0 Å². The molecule has 128 valence electrons. The third-order valence-corrected chi connectivity index (χ3v) is 2.63. The molecule has 0 aliphatic heterocycles. The number of guanidine groups is 1. The molecular weight excluding hydrogens is 294 g/mol. The molecule has 8 nitrogen and oxygen atoms in total. The van der Waals surface area contributed by atoms with Gasteiger partial charge in [0.15, 0.2) is 17.5 Å². The summed E-state index contributed by atoms with van der Waals surface area (Å²) in [7, 11) is 0. The maximum atomic E-state index is 11.9. The van der Waals surface area contributed by atoms with E-state index in [2.05, 4.69) is 33.8 Å². The molecule has 0 radical (unpaired) electrons. The molecule has 8 heteroatoms. The fourth-order valence-electron chi connectivity index (χ4n) is 1.49. The predicted molar refractivity (Wildman–Crippen MR) is 94.9 cm³/mol. The second kappa shape index (κ2) is 11.0. The van der Waals surface area contributed by atoms with Crippen molar-refractivity contribution in [2.45, 2.75) is 40.0 Å². The third kappa shape index (κ3) is 7.79. The molecular formula is C15H27N7O. The van der Waals surface area contributed by atoms with Gasteiger partial charge in [-0.2, -0.15) is 0 Å². The van der Waals surface area contributed by atoms with Gasteiger partial charge in [0.1, 0.15) is 5.82 Å². The largest absolute Gasteiger partial charge is 0.382 e. The molecule has 0 bridgehead atoms. The molecule has 0 saturated carbocycles. The van der Waals surface area contributed by atoms with Crippen molar-refractivity contribution in [2.24, 2.45) is 10.7 Å². The average Bonchev–Trinajstić information content (AvgIpc) is 2.48. The highest BCUT2D eigenvalue weighted by Crippen LogP contribution is 2.11. The minimum atomic E-state index is -0.546. The van der Waals surface area contributed by atoms with E-state index in [1.165, 1.54) is 0 Å². The molecule has 0 saturated heterocycles. The highest BCUT2D eigenvalue weighted by Gasteiger charge is 2.15. The molecule has 23 heavy (non-hydrogen) atoms. The van der Waals surface area contributed by atoms with Gasteiger partial charge in [0.25, 0.3) is 5.91 Å². The SMILES string of the molecule is C=CC.CCCCCN=C(N)NC(=O)c1nc(C)c(N)nc1N. The Morgan fingerprint density at radius 2 is 1.91 bits per heavy atom. The molecule has 0 aliphatic carbocycles. The molecule has 7 N–H and O–H groups in total. The number of aliphatic imine (C=N–C) groups is 1. The zero-order chi connectivity index (χ0) is 17.8. The molecule has 0 unspecified atom stereocenters. The first-order valence-electron chi connectivity index (χ1n) is 7.45. The number of aryl methyl sites for hydroxylation is 1. The van der Waals surface area contributed by atoms with Crippen LogP contribution in [0, 0.1) is 6.92 Å². The van der Waals surface area contributed by atoms with Gasteiger partial charge < -0.3 is 17.2 Å². The Kier molecular flexibility index (Phi) is 9.74. The smallest absolute Gasteiger partial charge is 0.280 e. The number of hydrogen-bond donors (Lipinski definition) is 4. The van der Waals surface area contributed by atoms with Crippen LogP contribution in [0.15, 0.2) is 17.6 Å². The Morgan fingerprint density at radius 1 is 1.30 bits per heavy atom. The van der Waals surface area contributed by atoms with Crippen LogP contribution in [0.2, 0.25) is 0 Å². The van der Waals surface area contributed by atoms with Gasteiger partial charge in [-0.1, -0.05) is 25.8 Å². The lowest BCUT2D eigenvalue weighted by atomic mass is 10.2. The maximum Gasteiger partial charge on any atom is 0.280 e. The fraction of sp³-hybridized carbons (Fsp3) is 0.467. The van der Waals surface area contributed by atoms with E-state index in [4.69, 9.17) is 17.2 Å². The monoisotopic (exact) mass is 321 g/mol. The maximum absolute atomic E-state index is 11.9. The van der Waals surface area contributed by atoms with E-state index in [9.17, 15) is 4.79 Å². The normalized spacial score (nSPS) is 10.5. The summed E-state index contributed by atoms with van der Waals surface area (Å²) in [6.07, 6.45) is 4.84. The molecule has 1 amide bonds. The number of nitrogen functional groups attached to an aromatic ring is 2. The van der Waals surface area contributed by atoms with Crippen LogP contribution in [0.4, 0.5) is 11.6 Å². The molecule has 0 fully saturated rings. The second-order valence-corrected chi connectivity index (χ2v) is 4.76. The molecule has 0 aromatic carbocycles. The molecule has 1 rings (SSSR count). The summed E-state index contributed by atoms with van der Waals surface area (Å²) in [6.45, 7) is 9.56. The van der Waals surface area contributed by atoms with E-state index in [1.807, 2.05) is 6.92 Å². The van der Waals surface area contributed by atoms with E-state index in [-0.39, 0.29) is 23.3 Å². The second-order valence-electron chi connectivity index (χ2n) is 4.76. The molecule has 1 aromatic heterocycles. The number of anilines is 2. The van der Waals surface area contributed by atoms with Gasteiger partial charge in [-0.3, -0.25) is 15.1 Å². The molecule has 1 aromatic rings. The van der Waals surface area contributed by atoms with Crippen molar-refractivity contribution in [3.63, 3.8) is 0 Å². The number of allylic oxidation sites excluding steroid dienone is 1. The van der Waals surface area contributed by atoms with Crippen LogP contribution in [-0.4, -0.2) is 28.4 Å². The summed E-state index contributed by atoms with van der Waals surface area (Å²) in [4.78, 5) is 23.8. The lowest BCUT2D eigenvalue weighted by Gasteiger charge is -2.07. The van der Waals surface area contributed by atoms with Crippen molar-refractivity contribution in [3.8, 4) is 0 Å². The predicted octanol–water partition coefficient (Wildman–Crippen LogP) is 1.38. The number of rotatable bonds is 5. The fourth-order valence-corrected chi connectivity index (χ4v) is 1.49. The summed E-state index contributed by atoms with van der Waals surface area (Å²) >= 11 is 0.